The highest BCUT2D eigenvalue weighted by Gasteiger charge is 2.15. The van der Waals surface area contributed by atoms with E-state index in [4.69, 9.17) is 4.74 Å². The molecule has 1 aliphatic rings. The quantitative estimate of drug-likeness (QED) is 0.707. The average Bonchev–Trinajstić information content (AvgIpc) is 2.26. The van der Waals surface area contributed by atoms with Crippen LogP contribution in [0.5, 0.6) is 5.75 Å². The Bertz CT molecular complexity index is 324. The lowest BCUT2D eigenvalue weighted by Gasteiger charge is -2.24. The minimum absolute atomic E-state index is 0.458. The first kappa shape index (κ1) is 10.5. The maximum absolute atomic E-state index is 6.07. The van der Waals surface area contributed by atoms with E-state index in [-0.39, 0.29) is 0 Å². The van der Waals surface area contributed by atoms with Gasteiger partial charge in [-0.1, -0.05) is 18.6 Å². The van der Waals surface area contributed by atoms with Crippen LogP contribution in [0.25, 0.3) is 0 Å². The Labute approximate surface area is 92.5 Å². The van der Waals surface area contributed by atoms with Crippen molar-refractivity contribution in [1.29, 1.82) is 0 Å². The van der Waals surface area contributed by atoms with Gasteiger partial charge in [0.15, 0.2) is 0 Å². The van der Waals surface area contributed by atoms with Crippen LogP contribution in [-0.2, 0) is 0 Å². The third-order valence-electron chi connectivity index (χ3n) is 3.40. The smallest absolute Gasteiger partial charge is 0.122 e. The molecule has 0 unspecified atom stereocenters. The van der Waals surface area contributed by atoms with Crippen molar-refractivity contribution in [1.82, 2.24) is 0 Å². The highest BCUT2D eigenvalue weighted by molar-refractivity contribution is 5.38. The van der Waals surface area contributed by atoms with Crippen molar-refractivity contribution < 1.29 is 4.74 Å². The van der Waals surface area contributed by atoms with Crippen LogP contribution in [0, 0.1) is 13.8 Å². The lowest BCUT2D eigenvalue weighted by molar-refractivity contribution is 0.154. The zero-order valence-corrected chi connectivity index (χ0v) is 9.75. The van der Waals surface area contributed by atoms with Gasteiger partial charge in [0.05, 0.1) is 6.10 Å². The van der Waals surface area contributed by atoms with Gasteiger partial charge >= 0.3 is 0 Å². The number of benzene rings is 1. The normalized spacial score (nSPS) is 17.7. The van der Waals surface area contributed by atoms with Crippen molar-refractivity contribution in [3.8, 4) is 5.75 Å². The topological polar surface area (TPSA) is 9.23 Å². The number of rotatable bonds is 2. The maximum atomic E-state index is 6.07. The molecule has 1 heteroatoms. The highest BCUT2D eigenvalue weighted by atomic mass is 16.5. The van der Waals surface area contributed by atoms with E-state index in [1.165, 1.54) is 43.2 Å². The molecule has 1 saturated carbocycles. The van der Waals surface area contributed by atoms with E-state index in [0.717, 1.165) is 5.75 Å². The van der Waals surface area contributed by atoms with E-state index >= 15 is 0 Å². The fraction of sp³-hybridized carbons (Fsp3) is 0.571. The fourth-order valence-corrected chi connectivity index (χ4v) is 2.21. The molecule has 0 bridgehead atoms. The summed E-state index contributed by atoms with van der Waals surface area (Å²) in [5.74, 6) is 1.09. The standard InChI is InChI=1S/C14H20O/c1-11-7-6-10-14(12(11)2)15-13-8-4-3-5-9-13/h6-7,10,13H,3-5,8-9H2,1-2H3. The third kappa shape index (κ3) is 2.53. The van der Waals surface area contributed by atoms with Crippen molar-refractivity contribution >= 4 is 0 Å². The second-order valence-electron chi connectivity index (χ2n) is 4.58. The van der Waals surface area contributed by atoms with Gasteiger partial charge in [0.25, 0.3) is 0 Å². The second kappa shape index (κ2) is 4.69. The van der Waals surface area contributed by atoms with Gasteiger partial charge in [-0.2, -0.15) is 0 Å². The predicted octanol–water partition coefficient (Wildman–Crippen LogP) is 4.01. The van der Waals surface area contributed by atoms with Crippen molar-refractivity contribution in [3.05, 3.63) is 29.3 Å². The molecule has 0 radical (unpaired) electrons. The minimum Gasteiger partial charge on any atom is -0.490 e. The van der Waals surface area contributed by atoms with Gasteiger partial charge in [0.2, 0.25) is 0 Å². The van der Waals surface area contributed by atoms with Crippen LogP contribution in [0.2, 0.25) is 0 Å². The summed E-state index contributed by atoms with van der Waals surface area (Å²) in [6, 6.07) is 6.32. The molecule has 1 fully saturated rings. The van der Waals surface area contributed by atoms with E-state index < -0.39 is 0 Å². The van der Waals surface area contributed by atoms with Gasteiger partial charge in [-0.05, 0) is 56.7 Å². The first-order chi connectivity index (χ1) is 7.27. The number of ether oxygens (including phenoxy) is 1. The Kier molecular flexibility index (Phi) is 3.30. The minimum atomic E-state index is 0.458. The third-order valence-corrected chi connectivity index (χ3v) is 3.40. The molecule has 0 heterocycles. The van der Waals surface area contributed by atoms with Crippen LogP contribution < -0.4 is 4.74 Å². The van der Waals surface area contributed by atoms with E-state index in [9.17, 15) is 0 Å². The Morgan fingerprint density at radius 2 is 1.80 bits per heavy atom. The lowest BCUT2D eigenvalue weighted by Crippen LogP contribution is -2.20. The number of hydrogen-bond donors (Lipinski definition) is 0. The molecule has 0 amide bonds. The van der Waals surface area contributed by atoms with Gasteiger partial charge in [-0.15, -0.1) is 0 Å². The molecule has 1 aromatic carbocycles. The number of aryl methyl sites for hydroxylation is 1. The fourth-order valence-electron chi connectivity index (χ4n) is 2.21. The molecule has 0 N–H and O–H groups in total. The summed E-state index contributed by atoms with van der Waals surface area (Å²) in [6.45, 7) is 4.29. The molecule has 1 nitrogen and oxygen atoms in total. The summed E-state index contributed by atoms with van der Waals surface area (Å²) in [7, 11) is 0. The molecule has 1 aromatic rings. The predicted molar refractivity (Wildman–Crippen MR) is 63.4 cm³/mol. The monoisotopic (exact) mass is 204 g/mol. The van der Waals surface area contributed by atoms with Crippen molar-refractivity contribution in [3.63, 3.8) is 0 Å². The number of hydrogen-bond acceptors (Lipinski definition) is 1. The Morgan fingerprint density at radius 3 is 2.53 bits per heavy atom. The highest BCUT2D eigenvalue weighted by Crippen LogP contribution is 2.26. The SMILES string of the molecule is Cc1cccc(OC2CCCCC2)c1C. The van der Waals surface area contributed by atoms with Gasteiger partial charge in [-0.3, -0.25) is 0 Å². The Hall–Kier alpha value is -0.980. The molecule has 2 rings (SSSR count). The van der Waals surface area contributed by atoms with Crippen molar-refractivity contribution in [2.24, 2.45) is 0 Å². The van der Waals surface area contributed by atoms with Crippen LogP contribution >= 0.6 is 0 Å². The molecule has 15 heavy (non-hydrogen) atoms. The average molecular weight is 204 g/mol. The molecule has 0 atom stereocenters. The molecule has 1 aliphatic carbocycles. The molecule has 0 aliphatic heterocycles. The summed E-state index contributed by atoms with van der Waals surface area (Å²) in [5, 5.41) is 0. The first-order valence-electron chi connectivity index (χ1n) is 6.00. The van der Waals surface area contributed by atoms with Crippen LogP contribution in [0.15, 0.2) is 18.2 Å². The molecular weight excluding hydrogens is 184 g/mol. The van der Waals surface area contributed by atoms with E-state index in [2.05, 4.69) is 32.0 Å². The van der Waals surface area contributed by atoms with Crippen LogP contribution in [0.4, 0.5) is 0 Å². The summed E-state index contributed by atoms with van der Waals surface area (Å²) in [5.41, 5.74) is 2.62. The maximum Gasteiger partial charge on any atom is 0.122 e. The van der Waals surface area contributed by atoms with E-state index in [1.54, 1.807) is 0 Å². The van der Waals surface area contributed by atoms with Crippen molar-refractivity contribution in [2.75, 3.05) is 0 Å². The van der Waals surface area contributed by atoms with Gasteiger partial charge in [0.1, 0.15) is 5.75 Å². The van der Waals surface area contributed by atoms with Gasteiger partial charge < -0.3 is 4.74 Å². The largest absolute Gasteiger partial charge is 0.490 e. The van der Waals surface area contributed by atoms with Crippen molar-refractivity contribution in [2.45, 2.75) is 52.1 Å². The second-order valence-corrected chi connectivity index (χ2v) is 4.58. The summed E-state index contributed by atoms with van der Waals surface area (Å²) < 4.78 is 6.07. The summed E-state index contributed by atoms with van der Waals surface area (Å²) in [6.07, 6.45) is 6.96. The zero-order valence-electron chi connectivity index (χ0n) is 9.75. The van der Waals surface area contributed by atoms with E-state index in [1.807, 2.05) is 0 Å². The van der Waals surface area contributed by atoms with Crippen LogP contribution in [0.3, 0.4) is 0 Å². The molecule has 0 spiro atoms. The first-order valence-corrected chi connectivity index (χ1v) is 6.00. The zero-order chi connectivity index (χ0) is 10.7. The molecule has 82 valence electrons. The summed E-state index contributed by atoms with van der Waals surface area (Å²) in [4.78, 5) is 0. The van der Waals surface area contributed by atoms with Crippen LogP contribution in [0.1, 0.15) is 43.2 Å². The van der Waals surface area contributed by atoms with Gasteiger partial charge in [0, 0.05) is 0 Å². The molecular formula is C14H20O. The molecule has 0 aromatic heterocycles. The van der Waals surface area contributed by atoms with Gasteiger partial charge in [-0.25, -0.2) is 0 Å². The Balaban J connectivity index is 2.06. The summed E-state index contributed by atoms with van der Waals surface area (Å²) >= 11 is 0. The van der Waals surface area contributed by atoms with Crippen LogP contribution in [-0.4, -0.2) is 6.10 Å². The Morgan fingerprint density at radius 1 is 1.07 bits per heavy atom. The van der Waals surface area contributed by atoms with E-state index in [0.29, 0.717) is 6.10 Å². The molecule has 0 saturated heterocycles. The lowest BCUT2D eigenvalue weighted by atomic mass is 9.97.